The molecule has 1 fully saturated rings. The van der Waals surface area contributed by atoms with Crippen molar-refractivity contribution in [3.8, 4) is 0 Å². The number of ether oxygens (including phenoxy) is 1. The molecule has 0 saturated carbocycles. The fourth-order valence-corrected chi connectivity index (χ4v) is 2.68. The van der Waals surface area contributed by atoms with Crippen LogP contribution in [0.5, 0.6) is 0 Å². The van der Waals surface area contributed by atoms with Gasteiger partial charge in [0.25, 0.3) is 0 Å². The molecule has 15 heavy (non-hydrogen) atoms. The number of hydrogen-bond donors (Lipinski definition) is 2. The van der Waals surface area contributed by atoms with Gasteiger partial charge in [-0.25, -0.2) is 4.79 Å². The summed E-state index contributed by atoms with van der Waals surface area (Å²) in [6.45, 7) is 1.81. The van der Waals surface area contributed by atoms with Gasteiger partial charge in [-0.3, -0.25) is 0 Å². The molecule has 0 aromatic rings. The van der Waals surface area contributed by atoms with E-state index in [1.54, 1.807) is 6.92 Å². The third-order valence-corrected chi connectivity index (χ3v) is 3.58. The third-order valence-electron chi connectivity index (χ3n) is 1.99. The van der Waals surface area contributed by atoms with Gasteiger partial charge in [-0.2, -0.15) is 0 Å². The Balaban J connectivity index is 2.81. The van der Waals surface area contributed by atoms with E-state index in [0.29, 0.717) is 4.32 Å². The first-order valence-electron chi connectivity index (χ1n) is 4.51. The summed E-state index contributed by atoms with van der Waals surface area (Å²) < 4.78 is 5.17. The highest BCUT2D eigenvalue weighted by atomic mass is 32.2. The summed E-state index contributed by atoms with van der Waals surface area (Å²) in [7, 11) is 0. The highest BCUT2D eigenvalue weighted by molar-refractivity contribution is 8.23. The van der Waals surface area contributed by atoms with Crippen LogP contribution in [0.2, 0.25) is 0 Å². The number of carbonyl (C=O) groups is 1. The van der Waals surface area contributed by atoms with Gasteiger partial charge >= 0.3 is 5.97 Å². The number of aliphatic hydroxyl groups excluding tert-OH is 1. The molecule has 2 N–H and O–H groups in total. The van der Waals surface area contributed by atoms with E-state index < -0.39 is 11.7 Å². The van der Waals surface area contributed by atoms with E-state index in [9.17, 15) is 9.90 Å². The van der Waals surface area contributed by atoms with Gasteiger partial charge in [0, 0.05) is 6.54 Å². The lowest BCUT2D eigenvalue weighted by Crippen LogP contribution is -2.55. The average molecular weight is 251 g/mol. The minimum Gasteiger partial charge on any atom is -0.462 e. The predicted octanol–water partition coefficient (Wildman–Crippen LogP) is -0.436. The Morgan fingerprint density at radius 1 is 1.80 bits per heavy atom. The van der Waals surface area contributed by atoms with Gasteiger partial charge in [-0.1, -0.05) is 24.0 Å². The van der Waals surface area contributed by atoms with Crippen molar-refractivity contribution in [2.24, 2.45) is 0 Å². The van der Waals surface area contributed by atoms with Crippen LogP contribution < -0.4 is 0 Å². The van der Waals surface area contributed by atoms with Crippen molar-refractivity contribution in [2.45, 2.75) is 12.6 Å². The van der Waals surface area contributed by atoms with Crippen LogP contribution in [0.15, 0.2) is 0 Å². The van der Waals surface area contributed by atoms with Crippen molar-refractivity contribution < 1.29 is 19.7 Å². The number of carbonyl (C=O) groups excluding carboxylic acids is 1. The molecule has 0 bridgehead atoms. The molecular formula is C8H13NO4S2. The maximum Gasteiger partial charge on any atom is 0.360 e. The van der Waals surface area contributed by atoms with Crippen LogP contribution in [-0.4, -0.2) is 56.6 Å². The maximum absolute atomic E-state index is 11.5. The molecule has 5 nitrogen and oxygen atoms in total. The van der Waals surface area contributed by atoms with E-state index in [1.165, 1.54) is 16.7 Å². The van der Waals surface area contributed by atoms with Crippen LogP contribution in [0.3, 0.4) is 0 Å². The molecule has 1 aliphatic rings. The predicted molar refractivity (Wildman–Crippen MR) is 60.4 cm³/mol. The molecule has 1 unspecified atom stereocenters. The van der Waals surface area contributed by atoms with Gasteiger partial charge in [0.05, 0.1) is 19.0 Å². The number of esters is 1. The Kier molecular flexibility index (Phi) is 4.32. The number of thioether (sulfide) groups is 1. The van der Waals surface area contributed by atoms with Gasteiger partial charge in [0.15, 0.2) is 0 Å². The van der Waals surface area contributed by atoms with Crippen molar-refractivity contribution in [3.05, 3.63) is 0 Å². The van der Waals surface area contributed by atoms with E-state index >= 15 is 0 Å². The van der Waals surface area contributed by atoms with Crippen LogP contribution in [0.1, 0.15) is 6.92 Å². The van der Waals surface area contributed by atoms with Gasteiger partial charge in [0.2, 0.25) is 5.72 Å². The fourth-order valence-electron chi connectivity index (χ4n) is 1.26. The van der Waals surface area contributed by atoms with Gasteiger partial charge in [-0.05, 0) is 6.92 Å². The highest BCUT2D eigenvalue weighted by Gasteiger charge is 2.49. The fraction of sp³-hybridized carbons (Fsp3) is 0.750. The Bertz CT molecular complexity index is 273. The van der Waals surface area contributed by atoms with Crippen LogP contribution in [-0.2, 0) is 9.53 Å². The highest BCUT2D eigenvalue weighted by Crippen LogP contribution is 2.32. The monoisotopic (exact) mass is 251 g/mol. The second-order valence-electron chi connectivity index (χ2n) is 2.97. The molecule has 0 aromatic heterocycles. The van der Waals surface area contributed by atoms with E-state index in [4.69, 9.17) is 22.1 Å². The Hall–Kier alpha value is -0.370. The van der Waals surface area contributed by atoms with Crippen molar-refractivity contribution in [1.82, 2.24) is 4.90 Å². The third kappa shape index (κ3) is 2.41. The van der Waals surface area contributed by atoms with E-state index in [0.717, 1.165) is 0 Å². The van der Waals surface area contributed by atoms with Gasteiger partial charge in [0.1, 0.15) is 4.32 Å². The van der Waals surface area contributed by atoms with Crippen molar-refractivity contribution in [1.29, 1.82) is 0 Å². The standard InChI is InChI=1S/C8H13NO4S2/c1-2-13-6(11)8(12)5-15-7(14)9(8)3-4-10/h10,12H,2-5H2,1H3. The van der Waals surface area contributed by atoms with Gasteiger partial charge in [-0.15, -0.1) is 0 Å². The zero-order valence-corrected chi connectivity index (χ0v) is 9.94. The smallest absolute Gasteiger partial charge is 0.360 e. The summed E-state index contributed by atoms with van der Waals surface area (Å²) >= 11 is 6.17. The minimum absolute atomic E-state index is 0.126. The second kappa shape index (κ2) is 5.11. The van der Waals surface area contributed by atoms with Crippen molar-refractivity contribution in [3.63, 3.8) is 0 Å². The molecule has 0 radical (unpaired) electrons. The Morgan fingerprint density at radius 3 is 3.00 bits per heavy atom. The number of β-amino-alcohol motifs (C(OH)–C–C–N with tert-alkyl or cyclic N) is 1. The molecule has 0 amide bonds. The molecule has 1 atom stereocenters. The minimum atomic E-state index is -1.72. The molecule has 86 valence electrons. The normalized spacial score (nSPS) is 25.8. The summed E-state index contributed by atoms with van der Waals surface area (Å²) in [5.74, 6) is -0.573. The first kappa shape index (κ1) is 12.7. The molecule has 0 aromatic carbocycles. The molecule has 1 aliphatic heterocycles. The van der Waals surface area contributed by atoms with Crippen molar-refractivity contribution in [2.75, 3.05) is 25.5 Å². The number of rotatable bonds is 4. The maximum atomic E-state index is 11.5. The molecule has 0 aliphatic carbocycles. The molecule has 1 saturated heterocycles. The molecule has 7 heteroatoms. The lowest BCUT2D eigenvalue weighted by atomic mass is 10.2. The van der Waals surface area contributed by atoms with Crippen LogP contribution >= 0.6 is 24.0 Å². The lowest BCUT2D eigenvalue weighted by molar-refractivity contribution is -0.175. The second-order valence-corrected chi connectivity index (χ2v) is 4.58. The zero-order chi connectivity index (χ0) is 11.5. The number of hydrogen-bond acceptors (Lipinski definition) is 6. The number of nitrogens with zero attached hydrogens (tertiary/aromatic N) is 1. The van der Waals surface area contributed by atoms with Gasteiger partial charge < -0.3 is 19.8 Å². The summed E-state index contributed by atoms with van der Waals surface area (Å²) in [5.41, 5.74) is -1.72. The first-order chi connectivity index (χ1) is 7.06. The molecule has 0 spiro atoms. The SMILES string of the molecule is CCOC(=O)C1(O)CSC(=S)N1CCO. The molecule has 1 heterocycles. The zero-order valence-electron chi connectivity index (χ0n) is 8.30. The first-order valence-corrected chi connectivity index (χ1v) is 5.90. The molecule has 1 rings (SSSR count). The number of aliphatic hydroxyl groups is 2. The lowest BCUT2D eigenvalue weighted by Gasteiger charge is -2.30. The molecular weight excluding hydrogens is 238 g/mol. The van der Waals surface area contributed by atoms with Crippen molar-refractivity contribution >= 4 is 34.3 Å². The number of thiocarbonyl (C=S) groups is 1. The summed E-state index contributed by atoms with van der Waals surface area (Å²) in [4.78, 5) is 12.8. The quantitative estimate of drug-likeness (QED) is 0.518. The van der Waals surface area contributed by atoms with Crippen LogP contribution in [0.4, 0.5) is 0 Å². The van der Waals surface area contributed by atoms with Crippen LogP contribution in [0, 0.1) is 0 Å². The summed E-state index contributed by atoms with van der Waals surface area (Å²) in [5, 5.41) is 18.9. The van der Waals surface area contributed by atoms with E-state index in [2.05, 4.69) is 0 Å². The average Bonchev–Trinajstić information content (AvgIpc) is 2.48. The largest absolute Gasteiger partial charge is 0.462 e. The van der Waals surface area contributed by atoms with Crippen LogP contribution in [0.25, 0.3) is 0 Å². The Morgan fingerprint density at radius 2 is 2.47 bits per heavy atom. The van der Waals surface area contributed by atoms with E-state index in [1.807, 2.05) is 0 Å². The summed E-state index contributed by atoms with van der Waals surface area (Å²) in [6.07, 6.45) is 0. The summed E-state index contributed by atoms with van der Waals surface area (Å²) in [6, 6.07) is 0. The van der Waals surface area contributed by atoms with E-state index in [-0.39, 0.29) is 25.5 Å². The topological polar surface area (TPSA) is 70.0 Å². The Labute approximate surface area is 97.4 Å².